The van der Waals surface area contributed by atoms with Crippen molar-refractivity contribution in [3.63, 3.8) is 0 Å². The molecule has 0 fully saturated rings. The lowest BCUT2D eigenvalue weighted by Crippen LogP contribution is -2.33. The fraction of sp³-hybridized carbons (Fsp3) is 0.154. The zero-order chi connectivity index (χ0) is 14.3. The van der Waals surface area contributed by atoms with Gasteiger partial charge < -0.3 is 0 Å². The van der Waals surface area contributed by atoms with E-state index >= 15 is 0 Å². The van der Waals surface area contributed by atoms with E-state index in [1.807, 2.05) is 0 Å². The van der Waals surface area contributed by atoms with Crippen LogP contribution in [0.2, 0.25) is 10.0 Å². The van der Waals surface area contributed by atoms with Gasteiger partial charge in [0, 0.05) is 18.9 Å². The second-order valence-corrected chi connectivity index (χ2v) is 5.16. The lowest BCUT2D eigenvalue weighted by Gasteiger charge is -2.13. The molecule has 0 aliphatic carbocycles. The van der Waals surface area contributed by atoms with Crippen LogP contribution >= 0.6 is 23.2 Å². The number of rotatable bonds is 3. The van der Waals surface area contributed by atoms with Crippen molar-refractivity contribution in [3.8, 4) is 0 Å². The summed E-state index contributed by atoms with van der Waals surface area (Å²) < 4.78 is 1.66. The second kappa shape index (κ2) is 4.92. The Morgan fingerprint density at radius 2 is 1.60 bits per heavy atom. The van der Waals surface area contributed by atoms with Crippen molar-refractivity contribution >= 4 is 35.0 Å². The molecule has 102 valence electrons. The molecule has 20 heavy (non-hydrogen) atoms. The van der Waals surface area contributed by atoms with Gasteiger partial charge in [-0.1, -0.05) is 23.2 Å². The first-order valence-electron chi connectivity index (χ1n) is 5.90. The number of carbonyl (C=O) groups is 2. The molecule has 2 heterocycles. The highest BCUT2D eigenvalue weighted by atomic mass is 35.5. The van der Waals surface area contributed by atoms with Crippen molar-refractivity contribution in [2.24, 2.45) is 0 Å². The van der Waals surface area contributed by atoms with Gasteiger partial charge in [0.25, 0.3) is 11.8 Å². The number of imide groups is 1. The molecule has 1 aromatic heterocycles. The Bertz CT molecular complexity index is 657. The van der Waals surface area contributed by atoms with Crippen LogP contribution in [0.3, 0.4) is 0 Å². The van der Waals surface area contributed by atoms with Crippen LogP contribution < -0.4 is 0 Å². The average Bonchev–Trinajstić information content (AvgIpc) is 3.00. The number of carbonyl (C=O) groups excluding carboxylic acids is 2. The molecule has 2 aromatic rings. The van der Waals surface area contributed by atoms with Gasteiger partial charge in [-0.2, -0.15) is 5.10 Å². The Kier molecular flexibility index (Phi) is 3.23. The van der Waals surface area contributed by atoms with Gasteiger partial charge in [-0.15, -0.1) is 0 Å². The average molecular weight is 310 g/mol. The molecular weight excluding hydrogens is 301 g/mol. The van der Waals surface area contributed by atoms with E-state index in [0.29, 0.717) is 17.7 Å². The van der Waals surface area contributed by atoms with E-state index < -0.39 is 0 Å². The normalized spacial score (nSPS) is 14.0. The molecule has 0 N–H and O–H groups in total. The molecule has 0 saturated carbocycles. The molecule has 7 heteroatoms. The maximum atomic E-state index is 12.2. The van der Waals surface area contributed by atoms with Gasteiger partial charge in [-0.25, -0.2) is 0 Å². The Balaban J connectivity index is 1.85. The number of halogens is 2. The third-order valence-corrected chi connectivity index (χ3v) is 3.85. The molecule has 1 aromatic carbocycles. The van der Waals surface area contributed by atoms with Crippen molar-refractivity contribution in [3.05, 3.63) is 51.8 Å². The Hall–Kier alpha value is -1.85. The van der Waals surface area contributed by atoms with Crippen LogP contribution in [-0.2, 0) is 6.54 Å². The van der Waals surface area contributed by atoms with Crippen molar-refractivity contribution in [2.45, 2.75) is 6.54 Å². The van der Waals surface area contributed by atoms with Gasteiger partial charge >= 0.3 is 0 Å². The van der Waals surface area contributed by atoms with Gasteiger partial charge in [-0.05, 0) is 18.2 Å². The van der Waals surface area contributed by atoms with Crippen LogP contribution in [0, 0.1) is 0 Å². The first kappa shape index (κ1) is 13.1. The lowest BCUT2D eigenvalue weighted by molar-refractivity contribution is 0.0647. The zero-order valence-electron chi connectivity index (χ0n) is 10.2. The predicted octanol–water partition coefficient (Wildman–Crippen LogP) is 2.49. The molecule has 5 nitrogen and oxygen atoms in total. The van der Waals surface area contributed by atoms with Crippen molar-refractivity contribution in [2.75, 3.05) is 6.54 Å². The van der Waals surface area contributed by atoms with E-state index in [9.17, 15) is 9.59 Å². The number of aromatic nitrogens is 2. The van der Waals surface area contributed by atoms with Crippen LogP contribution in [0.15, 0.2) is 30.6 Å². The Labute approximate surface area is 124 Å². The molecule has 0 saturated heterocycles. The smallest absolute Gasteiger partial charge is 0.261 e. The summed E-state index contributed by atoms with van der Waals surface area (Å²) in [5.41, 5.74) is 0.592. The lowest BCUT2D eigenvalue weighted by atomic mass is 10.1. The SMILES string of the molecule is O=C1c2cc(Cl)c(Cl)cc2C(=O)N1CCn1cccn1. The van der Waals surface area contributed by atoms with Crippen molar-refractivity contribution in [1.29, 1.82) is 0 Å². The summed E-state index contributed by atoms with van der Waals surface area (Å²) in [5.74, 6) is -0.702. The fourth-order valence-electron chi connectivity index (χ4n) is 2.12. The zero-order valence-corrected chi connectivity index (χ0v) is 11.7. The molecule has 1 aliphatic heterocycles. The maximum absolute atomic E-state index is 12.2. The monoisotopic (exact) mass is 309 g/mol. The second-order valence-electron chi connectivity index (χ2n) is 4.34. The van der Waals surface area contributed by atoms with Crippen molar-refractivity contribution < 1.29 is 9.59 Å². The van der Waals surface area contributed by atoms with Crippen LogP contribution in [-0.4, -0.2) is 33.0 Å². The van der Waals surface area contributed by atoms with Gasteiger partial charge in [-0.3, -0.25) is 19.2 Å². The Morgan fingerprint density at radius 1 is 1.00 bits per heavy atom. The highest BCUT2D eigenvalue weighted by molar-refractivity contribution is 6.43. The third kappa shape index (κ3) is 2.09. The standard InChI is InChI=1S/C13H9Cl2N3O2/c14-10-6-8-9(7-11(10)15)13(20)18(12(8)19)5-4-17-3-1-2-16-17/h1-3,6-7H,4-5H2. The number of benzene rings is 1. The molecule has 2 amide bonds. The minimum absolute atomic E-state index is 0.253. The number of hydrogen-bond donors (Lipinski definition) is 0. The molecule has 0 spiro atoms. The number of amides is 2. The topological polar surface area (TPSA) is 55.2 Å². The number of hydrogen-bond acceptors (Lipinski definition) is 3. The molecule has 0 atom stereocenters. The first-order chi connectivity index (χ1) is 9.58. The molecule has 1 aliphatic rings. The van der Waals surface area contributed by atoms with E-state index in [4.69, 9.17) is 23.2 Å². The summed E-state index contributed by atoms with van der Waals surface area (Å²) in [6.45, 7) is 0.698. The van der Waals surface area contributed by atoms with Gasteiger partial charge in [0.1, 0.15) is 0 Å². The summed E-state index contributed by atoms with van der Waals surface area (Å²) in [4.78, 5) is 25.6. The number of nitrogens with zero attached hydrogens (tertiary/aromatic N) is 3. The minimum atomic E-state index is -0.351. The number of fused-ring (bicyclic) bond motifs is 1. The van der Waals surface area contributed by atoms with Crippen LogP contribution in [0.1, 0.15) is 20.7 Å². The fourth-order valence-corrected chi connectivity index (χ4v) is 2.45. The summed E-state index contributed by atoms with van der Waals surface area (Å²) in [5, 5.41) is 4.56. The summed E-state index contributed by atoms with van der Waals surface area (Å²) in [6, 6.07) is 4.66. The highest BCUT2D eigenvalue weighted by Crippen LogP contribution is 2.31. The molecule has 0 radical (unpaired) electrons. The van der Waals surface area contributed by atoms with Crippen LogP contribution in [0.5, 0.6) is 0 Å². The van der Waals surface area contributed by atoms with Gasteiger partial charge in [0.15, 0.2) is 0 Å². The largest absolute Gasteiger partial charge is 0.272 e. The van der Waals surface area contributed by atoms with Crippen LogP contribution in [0.25, 0.3) is 0 Å². The third-order valence-electron chi connectivity index (χ3n) is 3.12. The summed E-state index contributed by atoms with van der Waals surface area (Å²) in [7, 11) is 0. The van der Waals surface area contributed by atoms with E-state index in [-0.39, 0.29) is 28.4 Å². The first-order valence-corrected chi connectivity index (χ1v) is 6.66. The molecule has 3 rings (SSSR count). The molecule has 0 bridgehead atoms. The van der Waals surface area contributed by atoms with Gasteiger partial charge in [0.05, 0.1) is 27.7 Å². The maximum Gasteiger partial charge on any atom is 0.261 e. The van der Waals surface area contributed by atoms with E-state index in [1.54, 1.807) is 23.1 Å². The predicted molar refractivity (Wildman–Crippen MR) is 74.1 cm³/mol. The van der Waals surface area contributed by atoms with E-state index in [2.05, 4.69) is 5.10 Å². The highest BCUT2D eigenvalue weighted by Gasteiger charge is 2.36. The van der Waals surface area contributed by atoms with E-state index in [1.165, 1.54) is 17.0 Å². The molecular formula is C13H9Cl2N3O2. The molecule has 0 unspecified atom stereocenters. The van der Waals surface area contributed by atoms with E-state index in [0.717, 1.165) is 0 Å². The summed E-state index contributed by atoms with van der Waals surface area (Å²) >= 11 is 11.8. The van der Waals surface area contributed by atoms with Crippen molar-refractivity contribution in [1.82, 2.24) is 14.7 Å². The van der Waals surface area contributed by atoms with Crippen LogP contribution in [0.4, 0.5) is 0 Å². The Morgan fingerprint density at radius 3 is 2.10 bits per heavy atom. The quantitative estimate of drug-likeness (QED) is 0.819. The summed E-state index contributed by atoms with van der Waals surface area (Å²) in [6.07, 6.45) is 3.41. The van der Waals surface area contributed by atoms with Gasteiger partial charge in [0.2, 0.25) is 0 Å². The minimum Gasteiger partial charge on any atom is -0.272 e.